The van der Waals surface area contributed by atoms with Gasteiger partial charge in [-0.3, -0.25) is 9.69 Å². The SMILES string of the molecule is Cc1ccc(CC(=O)N2CC[C@H](N3CCOCC3)C[C@H]2C(=O)O)cc1. The lowest BCUT2D eigenvalue weighted by Crippen LogP contribution is -2.56. The smallest absolute Gasteiger partial charge is 0.326 e. The van der Waals surface area contributed by atoms with E-state index in [9.17, 15) is 14.7 Å². The van der Waals surface area contributed by atoms with Crippen molar-refractivity contribution in [3.05, 3.63) is 35.4 Å². The van der Waals surface area contributed by atoms with Crippen molar-refractivity contribution in [3.8, 4) is 0 Å². The second kappa shape index (κ2) is 7.97. The summed E-state index contributed by atoms with van der Waals surface area (Å²) in [6.07, 6.45) is 1.57. The topological polar surface area (TPSA) is 70.1 Å². The van der Waals surface area contributed by atoms with Gasteiger partial charge in [-0.2, -0.15) is 0 Å². The number of aryl methyl sites for hydroxylation is 1. The van der Waals surface area contributed by atoms with Gasteiger partial charge in [0.2, 0.25) is 5.91 Å². The Bertz CT molecular complexity index is 610. The molecule has 0 unspecified atom stereocenters. The molecule has 1 amide bonds. The third kappa shape index (κ3) is 4.38. The molecule has 2 atom stereocenters. The van der Waals surface area contributed by atoms with Gasteiger partial charge in [-0.1, -0.05) is 29.8 Å². The highest BCUT2D eigenvalue weighted by Crippen LogP contribution is 2.24. The number of nitrogens with zero attached hydrogens (tertiary/aromatic N) is 2. The second-order valence-electron chi connectivity index (χ2n) is 6.93. The molecule has 0 spiro atoms. The highest BCUT2D eigenvalue weighted by atomic mass is 16.5. The summed E-state index contributed by atoms with van der Waals surface area (Å²) < 4.78 is 5.38. The number of hydrogen-bond donors (Lipinski definition) is 1. The van der Waals surface area contributed by atoms with Crippen molar-refractivity contribution in [2.45, 2.75) is 38.3 Å². The van der Waals surface area contributed by atoms with E-state index in [-0.39, 0.29) is 18.4 Å². The van der Waals surface area contributed by atoms with Crippen LogP contribution in [0, 0.1) is 6.92 Å². The van der Waals surface area contributed by atoms with Crippen LogP contribution < -0.4 is 0 Å². The number of morpholine rings is 1. The van der Waals surface area contributed by atoms with E-state index < -0.39 is 12.0 Å². The molecule has 2 fully saturated rings. The Morgan fingerprint density at radius 3 is 2.48 bits per heavy atom. The van der Waals surface area contributed by atoms with Gasteiger partial charge in [0.25, 0.3) is 0 Å². The lowest BCUT2D eigenvalue weighted by Gasteiger charge is -2.43. The monoisotopic (exact) mass is 346 g/mol. The van der Waals surface area contributed by atoms with E-state index in [1.807, 2.05) is 31.2 Å². The van der Waals surface area contributed by atoms with Gasteiger partial charge in [-0.25, -0.2) is 4.79 Å². The van der Waals surface area contributed by atoms with E-state index in [2.05, 4.69) is 4.90 Å². The Labute approximate surface area is 148 Å². The first kappa shape index (κ1) is 17.9. The molecule has 25 heavy (non-hydrogen) atoms. The van der Waals surface area contributed by atoms with Crippen LogP contribution in [0.3, 0.4) is 0 Å². The van der Waals surface area contributed by atoms with Crippen molar-refractivity contribution in [1.29, 1.82) is 0 Å². The fraction of sp³-hybridized carbons (Fsp3) is 0.579. The number of carbonyl (C=O) groups excluding carboxylic acids is 1. The first-order chi connectivity index (χ1) is 12.0. The zero-order chi connectivity index (χ0) is 17.8. The minimum Gasteiger partial charge on any atom is -0.480 e. The van der Waals surface area contributed by atoms with Gasteiger partial charge in [-0.15, -0.1) is 0 Å². The largest absolute Gasteiger partial charge is 0.480 e. The van der Waals surface area contributed by atoms with Crippen LogP contribution in [0.5, 0.6) is 0 Å². The first-order valence-corrected chi connectivity index (χ1v) is 8.94. The van der Waals surface area contributed by atoms with Crippen LogP contribution in [0.1, 0.15) is 24.0 Å². The molecular weight excluding hydrogens is 320 g/mol. The number of hydrogen-bond acceptors (Lipinski definition) is 4. The molecule has 2 aliphatic heterocycles. The Kier molecular flexibility index (Phi) is 5.71. The molecule has 136 valence electrons. The van der Waals surface area contributed by atoms with Crippen molar-refractivity contribution in [3.63, 3.8) is 0 Å². The lowest BCUT2D eigenvalue weighted by atomic mass is 9.94. The molecule has 2 aliphatic rings. The minimum absolute atomic E-state index is 0.100. The third-order valence-corrected chi connectivity index (χ3v) is 5.22. The fourth-order valence-electron chi connectivity index (χ4n) is 3.74. The van der Waals surface area contributed by atoms with Gasteiger partial charge in [0.15, 0.2) is 0 Å². The Hall–Kier alpha value is -1.92. The molecule has 1 N–H and O–H groups in total. The van der Waals surface area contributed by atoms with Gasteiger partial charge < -0.3 is 14.7 Å². The number of benzene rings is 1. The Balaban J connectivity index is 1.65. The van der Waals surface area contributed by atoms with E-state index in [1.165, 1.54) is 0 Å². The van der Waals surface area contributed by atoms with Gasteiger partial charge >= 0.3 is 5.97 Å². The molecule has 0 aromatic heterocycles. The predicted octanol–water partition coefficient (Wildman–Crippen LogP) is 1.31. The van der Waals surface area contributed by atoms with Crippen molar-refractivity contribution >= 4 is 11.9 Å². The van der Waals surface area contributed by atoms with Gasteiger partial charge in [0.05, 0.1) is 19.6 Å². The van der Waals surface area contributed by atoms with Crippen molar-refractivity contribution in [2.75, 3.05) is 32.8 Å². The highest BCUT2D eigenvalue weighted by Gasteiger charge is 2.38. The van der Waals surface area contributed by atoms with Crippen LogP contribution in [0.25, 0.3) is 0 Å². The summed E-state index contributed by atoms with van der Waals surface area (Å²) in [7, 11) is 0. The summed E-state index contributed by atoms with van der Waals surface area (Å²) in [5.74, 6) is -1.01. The summed E-state index contributed by atoms with van der Waals surface area (Å²) in [4.78, 5) is 28.3. The zero-order valence-corrected chi connectivity index (χ0v) is 14.7. The molecule has 0 bridgehead atoms. The third-order valence-electron chi connectivity index (χ3n) is 5.22. The van der Waals surface area contributed by atoms with Crippen molar-refractivity contribution in [1.82, 2.24) is 9.80 Å². The van der Waals surface area contributed by atoms with Crippen LogP contribution in [0.4, 0.5) is 0 Å². The quantitative estimate of drug-likeness (QED) is 0.890. The maximum atomic E-state index is 12.7. The van der Waals surface area contributed by atoms with Gasteiger partial charge in [0, 0.05) is 25.7 Å². The molecular formula is C19H26N2O4. The number of piperidine rings is 1. The molecule has 3 rings (SSSR count). The molecule has 0 radical (unpaired) electrons. The molecule has 0 saturated carbocycles. The first-order valence-electron chi connectivity index (χ1n) is 8.94. The van der Waals surface area contributed by atoms with E-state index in [4.69, 9.17) is 4.74 Å². The number of ether oxygens (including phenoxy) is 1. The van der Waals surface area contributed by atoms with Crippen LogP contribution in [0.15, 0.2) is 24.3 Å². The van der Waals surface area contributed by atoms with Crippen molar-refractivity contribution < 1.29 is 19.4 Å². The van der Waals surface area contributed by atoms with Crippen LogP contribution in [-0.2, 0) is 20.7 Å². The van der Waals surface area contributed by atoms with E-state index in [0.717, 1.165) is 30.6 Å². The molecule has 0 aliphatic carbocycles. The number of carboxylic acids is 1. The maximum Gasteiger partial charge on any atom is 0.326 e. The standard InChI is InChI=1S/C19H26N2O4/c1-14-2-4-15(5-3-14)12-18(22)21-7-6-16(13-17(21)19(23)24)20-8-10-25-11-9-20/h2-5,16-17H,6-13H2,1H3,(H,23,24)/t16-,17-/m0/s1. The van der Waals surface area contributed by atoms with Gasteiger partial charge in [0.1, 0.15) is 6.04 Å². The van der Waals surface area contributed by atoms with Gasteiger partial charge in [-0.05, 0) is 25.3 Å². The normalized spacial score (nSPS) is 24.9. The lowest BCUT2D eigenvalue weighted by molar-refractivity contribution is -0.153. The molecule has 6 heteroatoms. The number of likely N-dealkylation sites (tertiary alicyclic amines) is 1. The van der Waals surface area contributed by atoms with E-state index >= 15 is 0 Å². The van der Waals surface area contributed by atoms with Crippen LogP contribution >= 0.6 is 0 Å². The average Bonchev–Trinajstić information content (AvgIpc) is 2.63. The number of carboxylic acid groups (broad SMARTS) is 1. The summed E-state index contributed by atoms with van der Waals surface area (Å²) in [5.41, 5.74) is 2.07. The highest BCUT2D eigenvalue weighted by molar-refractivity contribution is 5.85. The number of rotatable bonds is 4. The predicted molar refractivity (Wildman–Crippen MR) is 93.4 cm³/mol. The van der Waals surface area contributed by atoms with Crippen LogP contribution in [-0.4, -0.2) is 71.7 Å². The van der Waals surface area contributed by atoms with Crippen molar-refractivity contribution in [2.24, 2.45) is 0 Å². The number of aliphatic carboxylic acids is 1. The van der Waals surface area contributed by atoms with E-state index in [0.29, 0.717) is 26.2 Å². The number of carbonyl (C=O) groups is 2. The summed E-state index contributed by atoms with van der Waals surface area (Å²) >= 11 is 0. The minimum atomic E-state index is -0.907. The maximum absolute atomic E-state index is 12.7. The van der Waals surface area contributed by atoms with E-state index in [1.54, 1.807) is 4.90 Å². The van der Waals surface area contributed by atoms with Crippen LogP contribution in [0.2, 0.25) is 0 Å². The summed E-state index contributed by atoms with van der Waals surface area (Å²) in [6, 6.07) is 7.30. The second-order valence-corrected chi connectivity index (χ2v) is 6.93. The Morgan fingerprint density at radius 1 is 1.16 bits per heavy atom. The molecule has 6 nitrogen and oxygen atoms in total. The number of amides is 1. The Morgan fingerprint density at radius 2 is 1.84 bits per heavy atom. The molecule has 2 heterocycles. The molecule has 1 aromatic carbocycles. The summed E-state index contributed by atoms with van der Waals surface area (Å²) in [5, 5.41) is 9.64. The molecule has 1 aromatic rings. The zero-order valence-electron chi connectivity index (χ0n) is 14.7. The fourth-order valence-corrected chi connectivity index (χ4v) is 3.74. The average molecular weight is 346 g/mol. The summed E-state index contributed by atoms with van der Waals surface area (Å²) in [6.45, 7) is 5.59. The molecule has 2 saturated heterocycles.